The maximum Gasteiger partial charge on any atom is 0.288 e. The number of nitrogens with two attached hydrogens (primary N) is 1. The van der Waals surface area contributed by atoms with Crippen molar-refractivity contribution in [3.63, 3.8) is 0 Å². The third-order valence-electron chi connectivity index (χ3n) is 3.82. The predicted molar refractivity (Wildman–Crippen MR) is 97.7 cm³/mol. The Morgan fingerprint density at radius 3 is 2.28 bits per heavy atom. The summed E-state index contributed by atoms with van der Waals surface area (Å²) in [6.07, 6.45) is 0. The fourth-order valence-corrected chi connectivity index (χ4v) is 3.13. The molecule has 1 atom stereocenters. The standard InChI is InChI=1S/C19H22F2N2OS/c1-13(2)18(14-6-4-3-5-7-14)22-12-17(24)23-15-8-10-16(11-9-15)25-19(20)21/h3-11,13,18-19,22H,12H2,1-2H3,(H,23,24)/p+1/t18-/m1/s1. The Morgan fingerprint density at radius 1 is 1.08 bits per heavy atom. The number of carbonyl (C=O) groups is 1. The van der Waals surface area contributed by atoms with Crippen molar-refractivity contribution in [2.75, 3.05) is 11.9 Å². The van der Waals surface area contributed by atoms with Gasteiger partial charge in [0.2, 0.25) is 0 Å². The lowest BCUT2D eigenvalue weighted by Crippen LogP contribution is -2.88. The van der Waals surface area contributed by atoms with Gasteiger partial charge in [-0.3, -0.25) is 4.79 Å². The number of alkyl halides is 2. The third-order valence-corrected chi connectivity index (χ3v) is 4.55. The second kappa shape index (κ2) is 9.53. The van der Waals surface area contributed by atoms with E-state index < -0.39 is 5.76 Å². The molecule has 25 heavy (non-hydrogen) atoms. The Labute approximate surface area is 151 Å². The lowest BCUT2D eigenvalue weighted by Gasteiger charge is -2.19. The highest BCUT2D eigenvalue weighted by molar-refractivity contribution is 7.99. The third kappa shape index (κ3) is 6.48. The van der Waals surface area contributed by atoms with Crippen LogP contribution in [0.1, 0.15) is 25.5 Å². The molecule has 134 valence electrons. The SMILES string of the molecule is CC(C)[C@@H]([NH2+]CC(=O)Nc1ccc(SC(F)F)cc1)c1ccccc1. The molecule has 2 aromatic rings. The average Bonchev–Trinajstić information content (AvgIpc) is 2.57. The Bertz CT molecular complexity index is 663. The summed E-state index contributed by atoms with van der Waals surface area (Å²) in [5.41, 5.74) is 1.80. The van der Waals surface area contributed by atoms with E-state index in [1.165, 1.54) is 5.56 Å². The van der Waals surface area contributed by atoms with Crippen LogP contribution in [0.15, 0.2) is 59.5 Å². The van der Waals surface area contributed by atoms with Crippen molar-refractivity contribution in [1.82, 2.24) is 0 Å². The lowest BCUT2D eigenvalue weighted by molar-refractivity contribution is -0.692. The van der Waals surface area contributed by atoms with Crippen molar-refractivity contribution in [3.8, 4) is 0 Å². The number of anilines is 1. The number of quaternary nitrogens is 1. The van der Waals surface area contributed by atoms with Crippen molar-refractivity contribution in [2.45, 2.75) is 30.5 Å². The van der Waals surface area contributed by atoms with E-state index in [0.29, 0.717) is 34.8 Å². The Morgan fingerprint density at radius 2 is 1.72 bits per heavy atom. The van der Waals surface area contributed by atoms with Gasteiger partial charge in [-0.25, -0.2) is 0 Å². The number of thioether (sulfide) groups is 1. The normalized spacial score (nSPS) is 12.4. The van der Waals surface area contributed by atoms with Gasteiger partial charge in [0.25, 0.3) is 11.7 Å². The van der Waals surface area contributed by atoms with Crippen LogP contribution in [0, 0.1) is 5.92 Å². The molecule has 0 saturated carbocycles. The van der Waals surface area contributed by atoms with E-state index in [0.717, 1.165) is 0 Å². The number of halogens is 2. The molecule has 2 rings (SSSR count). The molecule has 3 N–H and O–H groups in total. The smallest absolute Gasteiger partial charge is 0.288 e. The first-order chi connectivity index (χ1) is 12.0. The first-order valence-corrected chi connectivity index (χ1v) is 9.06. The van der Waals surface area contributed by atoms with Gasteiger partial charge in [0.15, 0.2) is 6.54 Å². The minimum atomic E-state index is -2.44. The van der Waals surface area contributed by atoms with E-state index in [2.05, 4.69) is 31.3 Å². The van der Waals surface area contributed by atoms with E-state index in [9.17, 15) is 13.6 Å². The zero-order chi connectivity index (χ0) is 18.2. The van der Waals surface area contributed by atoms with E-state index in [4.69, 9.17) is 0 Å². The molecule has 0 aliphatic carbocycles. The fraction of sp³-hybridized carbons (Fsp3) is 0.316. The summed E-state index contributed by atoms with van der Waals surface area (Å²) < 4.78 is 24.6. The molecule has 0 radical (unpaired) electrons. The molecule has 0 unspecified atom stereocenters. The Kier molecular flexibility index (Phi) is 7.40. The van der Waals surface area contributed by atoms with Gasteiger partial charge in [0.05, 0.1) is 0 Å². The monoisotopic (exact) mass is 365 g/mol. The van der Waals surface area contributed by atoms with Gasteiger partial charge < -0.3 is 10.6 Å². The van der Waals surface area contributed by atoms with Crippen LogP contribution in [0.4, 0.5) is 14.5 Å². The van der Waals surface area contributed by atoms with E-state index >= 15 is 0 Å². The molecule has 3 nitrogen and oxygen atoms in total. The topological polar surface area (TPSA) is 45.7 Å². The van der Waals surface area contributed by atoms with Crippen LogP contribution in [-0.4, -0.2) is 18.2 Å². The molecule has 0 spiro atoms. The van der Waals surface area contributed by atoms with Gasteiger partial charge >= 0.3 is 0 Å². The number of hydrogen-bond donors (Lipinski definition) is 2. The van der Waals surface area contributed by atoms with Crippen molar-refractivity contribution < 1.29 is 18.9 Å². The quantitative estimate of drug-likeness (QED) is 0.697. The summed E-state index contributed by atoms with van der Waals surface area (Å²) in [6, 6.07) is 16.8. The summed E-state index contributed by atoms with van der Waals surface area (Å²) in [5.74, 6) is -2.17. The molecule has 0 bridgehead atoms. The molecule has 0 heterocycles. The number of benzene rings is 2. The first-order valence-electron chi connectivity index (χ1n) is 8.18. The molecule has 0 aliphatic heterocycles. The number of rotatable bonds is 8. The summed E-state index contributed by atoms with van der Waals surface area (Å²) in [6.45, 7) is 4.56. The van der Waals surface area contributed by atoms with Gasteiger partial charge in [-0.15, -0.1) is 0 Å². The molecule has 1 amide bonds. The van der Waals surface area contributed by atoms with Crippen LogP contribution in [-0.2, 0) is 4.79 Å². The van der Waals surface area contributed by atoms with Gasteiger partial charge in [0.1, 0.15) is 6.04 Å². The minimum absolute atomic E-state index is 0.115. The van der Waals surface area contributed by atoms with Gasteiger partial charge in [-0.2, -0.15) is 8.78 Å². The zero-order valence-corrected chi connectivity index (χ0v) is 15.1. The molecule has 0 aromatic heterocycles. The summed E-state index contributed by atoms with van der Waals surface area (Å²) >= 11 is 0.489. The fourth-order valence-electron chi connectivity index (χ4n) is 2.63. The lowest BCUT2D eigenvalue weighted by atomic mass is 9.96. The summed E-state index contributed by atoms with van der Waals surface area (Å²) in [7, 11) is 0. The van der Waals surface area contributed by atoms with E-state index in [1.807, 2.05) is 23.5 Å². The van der Waals surface area contributed by atoms with Crippen LogP contribution >= 0.6 is 11.8 Å². The minimum Gasteiger partial charge on any atom is -0.332 e. The summed E-state index contributed by atoms with van der Waals surface area (Å²) in [4.78, 5) is 12.6. The largest absolute Gasteiger partial charge is 0.332 e. The highest BCUT2D eigenvalue weighted by atomic mass is 32.2. The maximum absolute atomic E-state index is 12.3. The van der Waals surface area contributed by atoms with E-state index in [1.54, 1.807) is 24.3 Å². The maximum atomic E-state index is 12.3. The summed E-state index contributed by atoms with van der Waals surface area (Å²) in [5, 5.41) is 4.83. The second-order valence-electron chi connectivity index (χ2n) is 6.07. The molecule has 6 heteroatoms. The highest BCUT2D eigenvalue weighted by Crippen LogP contribution is 2.26. The molecule has 0 saturated heterocycles. The van der Waals surface area contributed by atoms with Crippen LogP contribution in [0.5, 0.6) is 0 Å². The van der Waals surface area contributed by atoms with Crippen LogP contribution < -0.4 is 10.6 Å². The van der Waals surface area contributed by atoms with Crippen molar-refractivity contribution in [1.29, 1.82) is 0 Å². The van der Waals surface area contributed by atoms with Crippen LogP contribution in [0.2, 0.25) is 0 Å². The van der Waals surface area contributed by atoms with Gasteiger partial charge in [-0.1, -0.05) is 55.9 Å². The zero-order valence-electron chi connectivity index (χ0n) is 14.3. The Balaban J connectivity index is 1.89. The van der Waals surface area contributed by atoms with Gasteiger partial charge in [0, 0.05) is 22.1 Å². The highest BCUT2D eigenvalue weighted by Gasteiger charge is 2.20. The van der Waals surface area contributed by atoms with Crippen LogP contribution in [0.3, 0.4) is 0 Å². The Hall–Kier alpha value is -1.92. The van der Waals surface area contributed by atoms with Crippen molar-refractivity contribution >= 4 is 23.4 Å². The predicted octanol–water partition coefficient (Wildman–Crippen LogP) is 3.90. The number of carbonyl (C=O) groups excluding carboxylic acids is 1. The number of nitrogens with one attached hydrogen (secondary N) is 1. The molecule has 0 aliphatic rings. The molecular formula is C19H23F2N2OS+. The molecule has 0 fully saturated rings. The van der Waals surface area contributed by atoms with Crippen molar-refractivity contribution in [2.24, 2.45) is 5.92 Å². The van der Waals surface area contributed by atoms with Crippen molar-refractivity contribution in [3.05, 3.63) is 60.2 Å². The molecular weight excluding hydrogens is 342 g/mol. The first kappa shape index (κ1) is 19.4. The second-order valence-corrected chi connectivity index (χ2v) is 7.13. The number of amides is 1. The van der Waals surface area contributed by atoms with Gasteiger partial charge in [-0.05, 0) is 24.3 Å². The average molecular weight is 365 g/mol. The molecule has 2 aromatic carbocycles. The van der Waals surface area contributed by atoms with Crippen LogP contribution in [0.25, 0.3) is 0 Å². The van der Waals surface area contributed by atoms with E-state index in [-0.39, 0.29) is 11.9 Å². The number of hydrogen-bond acceptors (Lipinski definition) is 2.